The van der Waals surface area contributed by atoms with E-state index in [1.165, 1.54) is 11.8 Å². The first-order valence-electron chi connectivity index (χ1n) is 18.1. The van der Waals surface area contributed by atoms with Crippen LogP contribution in [0.25, 0.3) is 10.9 Å². The Morgan fingerprint density at radius 2 is 1.22 bits per heavy atom. The number of aromatic amines is 1. The van der Waals surface area contributed by atoms with E-state index in [2.05, 4.69) is 42.2 Å². The van der Waals surface area contributed by atoms with Gasteiger partial charge in [-0.25, -0.2) is 0 Å². The lowest BCUT2D eigenvalue weighted by Crippen LogP contribution is -2.64. The summed E-state index contributed by atoms with van der Waals surface area (Å²) >= 11 is 1.45. The number of hydrogen-bond donors (Lipinski definition) is 8. The third kappa shape index (κ3) is 10.6. The summed E-state index contributed by atoms with van der Waals surface area (Å²) in [5.41, 5.74) is 2.22. The van der Waals surface area contributed by atoms with Gasteiger partial charge in [0.1, 0.15) is 36.3 Å². The Bertz CT molecular complexity index is 1850. The molecule has 54 heavy (non-hydrogen) atoms. The summed E-state index contributed by atoms with van der Waals surface area (Å²) in [4.78, 5) is 101. The molecule has 6 atom stereocenters. The van der Waals surface area contributed by atoms with Crippen molar-refractivity contribution in [3.05, 3.63) is 71.9 Å². The molecular formula is C38H48N8O7S. The zero-order valence-corrected chi connectivity index (χ0v) is 31.3. The van der Waals surface area contributed by atoms with Crippen LogP contribution in [0.3, 0.4) is 0 Å². The molecule has 1 unspecified atom stereocenters. The van der Waals surface area contributed by atoms with E-state index >= 15 is 0 Å². The number of nitrogens with one attached hydrogen (secondary N) is 8. The zero-order valence-electron chi connectivity index (χ0n) is 30.5. The van der Waals surface area contributed by atoms with Gasteiger partial charge in [-0.15, -0.1) is 0 Å². The largest absolute Gasteiger partial charge is 0.361 e. The molecule has 0 saturated carbocycles. The molecule has 2 saturated heterocycles. The number of thioether (sulfide) groups is 1. The predicted molar refractivity (Wildman–Crippen MR) is 204 cm³/mol. The van der Waals surface area contributed by atoms with Crippen molar-refractivity contribution in [3.8, 4) is 0 Å². The van der Waals surface area contributed by atoms with Crippen molar-refractivity contribution in [1.82, 2.24) is 42.2 Å². The minimum Gasteiger partial charge on any atom is -0.361 e. The molecule has 7 amide bonds. The molecule has 2 fully saturated rings. The Morgan fingerprint density at radius 1 is 0.648 bits per heavy atom. The van der Waals surface area contributed by atoms with E-state index in [0.29, 0.717) is 16.9 Å². The van der Waals surface area contributed by atoms with Crippen LogP contribution < -0.4 is 37.2 Å². The van der Waals surface area contributed by atoms with Gasteiger partial charge in [-0.3, -0.25) is 33.6 Å². The van der Waals surface area contributed by atoms with Crippen molar-refractivity contribution < 1.29 is 33.6 Å². The number of carbonyl (C=O) groups is 7. The molecule has 288 valence electrons. The maximum Gasteiger partial charge on any atom is 0.245 e. The van der Waals surface area contributed by atoms with Crippen LogP contribution in [0, 0.1) is 5.92 Å². The summed E-state index contributed by atoms with van der Waals surface area (Å²) < 4.78 is 0. The van der Waals surface area contributed by atoms with Gasteiger partial charge in [-0.2, -0.15) is 11.8 Å². The number of benzene rings is 2. The number of fused-ring (bicyclic) bond motifs is 6. The van der Waals surface area contributed by atoms with E-state index in [-0.39, 0.29) is 31.6 Å². The average molecular weight is 761 g/mol. The second-order valence-electron chi connectivity index (χ2n) is 14.0. The fourth-order valence-electron chi connectivity index (χ4n) is 6.52. The Morgan fingerprint density at radius 3 is 1.96 bits per heavy atom. The van der Waals surface area contributed by atoms with Crippen LogP contribution in [0.2, 0.25) is 0 Å². The van der Waals surface area contributed by atoms with Gasteiger partial charge in [0.05, 0.1) is 6.42 Å². The topological polar surface area (TPSA) is 219 Å². The monoisotopic (exact) mass is 760 g/mol. The van der Waals surface area contributed by atoms with Gasteiger partial charge in [-0.1, -0.05) is 62.4 Å². The molecular weight excluding hydrogens is 713 g/mol. The van der Waals surface area contributed by atoms with Gasteiger partial charge < -0.3 is 42.2 Å². The molecule has 0 aliphatic carbocycles. The van der Waals surface area contributed by atoms with Crippen molar-refractivity contribution in [3.63, 3.8) is 0 Å². The molecule has 3 heterocycles. The lowest BCUT2D eigenvalue weighted by Gasteiger charge is -2.30. The molecule has 0 radical (unpaired) electrons. The highest BCUT2D eigenvalue weighted by Crippen LogP contribution is 2.20. The molecule has 3 aromatic rings. The minimum absolute atomic E-state index is 0.00294. The molecule has 2 aliphatic heterocycles. The maximum atomic E-state index is 14.3. The third-order valence-corrected chi connectivity index (χ3v) is 10.0. The number of H-pyrrole nitrogens is 1. The summed E-state index contributed by atoms with van der Waals surface area (Å²) in [5.74, 6) is -4.59. The van der Waals surface area contributed by atoms with Gasteiger partial charge in [0.2, 0.25) is 41.4 Å². The van der Waals surface area contributed by atoms with Gasteiger partial charge in [0, 0.05) is 36.5 Å². The number of carbonyl (C=O) groups excluding carboxylic acids is 7. The van der Waals surface area contributed by atoms with Crippen LogP contribution in [0.15, 0.2) is 60.8 Å². The van der Waals surface area contributed by atoms with Gasteiger partial charge in [0.25, 0.3) is 0 Å². The van der Waals surface area contributed by atoms with E-state index in [1.54, 1.807) is 36.5 Å². The molecule has 15 nitrogen and oxygen atoms in total. The van der Waals surface area contributed by atoms with E-state index in [9.17, 15) is 33.6 Å². The quantitative estimate of drug-likeness (QED) is 0.150. The highest BCUT2D eigenvalue weighted by molar-refractivity contribution is 7.98. The van der Waals surface area contributed by atoms with Crippen LogP contribution >= 0.6 is 11.8 Å². The predicted octanol–water partition coefficient (Wildman–Crippen LogP) is 0.195. The molecule has 2 bridgehead atoms. The third-order valence-electron chi connectivity index (χ3n) is 9.39. The standard InChI is InChI=1S/C38H48N8O7S/c1-21(2)15-27-34(49)41-26(13-14-54-3)33(48)46-31-20-40-32(47)18-30(37(52)42-27)45-35(50)28(16-22-9-5-4-6-10-22)43-36(51)29(44-38(31)53)17-23-19-39-25-12-8-7-11-24(23)25/h4-12,19,21,26-31,39H,13-18,20H2,1-3H3,(H,40,47)(H,41,49)(H,42,52)(H,43,51)(H,44,53)(H,45,50)(H,46,48)/t26-,27-,28?,29-,30-,31-/m0/s1. The van der Waals surface area contributed by atoms with Crippen molar-refractivity contribution >= 4 is 64.0 Å². The molecule has 16 heteroatoms. The Labute approximate surface area is 317 Å². The fourth-order valence-corrected chi connectivity index (χ4v) is 6.99. The first-order valence-corrected chi connectivity index (χ1v) is 19.5. The Kier molecular flexibility index (Phi) is 13.7. The second-order valence-corrected chi connectivity index (χ2v) is 15.0. The van der Waals surface area contributed by atoms with E-state index in [4.69, 9.17) is 0 Å². The van der Waals surface area contributed by atoms with Crippen molar-refractivity contribution in [2.45, 2.75) is 82.2 Å². The molecule has 2 aromatic carbocycles. The van der Waals surface area contributed by atoms with Gasteiger partial charge in [0.15, 0.2) is 0 Å². The Balaban J connectivity index is 1.58. The van der Waals surface area contributed by atoms with Crippen LogP contribution in [0.5, 0.6) is 0 Å². The number of hydrogen-bond acceptors (Lipinski definition) is 8. The van der Waals surface area contributed by atoms with Crippen LogP contribution in [-0.2, 0) is 46.4 Å². The second kappa shape index (κ2) is 18.6. The number of amides is 7. The Hall–Kier alpha value is -5.38. The number of aromatic nitrogens is 1. The summed E-state index contributed by atoms with van der Waals surface area (Å²) in [6, 6.07) is 8.83. The van der Waals surface area contributed by atoms with E-state index < -0.39 is 90.6 Å². The van der Waals surface area contributed by atoms with Gasteiger partial charge in [-0.05, 0) is 48.0 Å². The molecule has 5 rings (SSSR count). The van der Waals surface area contributed by atoms with Gasteiger partial charge >= 0.3 is 0 Å². The number of para-hydroxylation sites is 1. The van der Waals surface area contributed by atoms with Crippen LogP contribution in [-0.4, -0.2) is 101 Å². The summed E-state index contributed by atoms with van der Waals surface area (Å²) in [5, 5.41) is 19.8. The first kappa shape index (κ1) is 39.8. The van der Waals surface area contributed by atoms with E-state index in [1.807, 2.05) is 44.4 Å². The minimum atomic E-state index is -1.46. The summed E-state index contributed by atoms with van der Waals surface area (Å²) in [7, 11) is 0. The zero-order chi connectivity index (χ0) is 38.8. The fraction of sp³-hybridized carbons (Fsp3) is 0.447. The number of rotatable bonds is 9. The molecule has 2 aliphatic rings. The summed E-state index contributed by atoms with van der Waals surface area (Å²) in [6.45, 7) is 3.31. The lowest BCUT2D eigenvalue weighted by atomic mass is 10.00. The highest BCUT2D eigenvalue weighted by Gasteiger charge is 2.37. The van der Waals surface area contributed by atoms with Crippen molar-refractivity contribution in [2.24, 2.45) is 5.92 Å². The summed E-state index contributed by atoms with van der Waals surface area (Å²) in [6.07, 6.45) is 3.44. The highest BCUT2D eigenvalue weighted by atomic mass is 32.2. The first-order chi connectivity index (χ1) is 25.9. The van der Waals surface area contributed by atoms with Crippen LogP contribution in [0.1, 0.15) is 44.2 Å². The molecule has 1 aromatic heterocycles. The smallest absolute Gasteiger partial charge is 0.245 e. The molecule has 8 N–H and O–H groups in total. The normalized spacial score (nSPS) is 24.9. The lowest BCUT2D eigenvalue weighted by molar-refractivity contribution is -0.138. The van der Waals surface area contributed by atoms with Crippen molar-refractivity contribution in [1.29, 1.82) is 0 Å². The van der Waals surface area contributed by atoms with E-state index in [0.717, 1.165) is 10.9 Å². The van der Waals surface area contributed by atoms with Crippen molar-refractivity contribution in [2.75, 3.05) is 18.6 Å². The average Bonchev–Trinajstić information content (AvgIpc) is 3.55. The van der Waals surface area contributed by atoms with Crippen LogP contribution in [0.4, 0.5) is 0 Å². The maximum absolute atomic E-state index is 14.3. The SMILES string of the molecule is CSCC[C@@H]1NC(=O)[C@H](CC(C)C)NC(=O)[C@@H]2CC(=O)NC[C@H](NC1=O)C(=O)N[C@@H](Cc1c[nH]c3ccccc13)C(=O)NC(Cc1ccccc1)C(=O)N2. The molecule has 0 spiro atoms.